The predicted molar refractivity (Wildman–Crippen MR) is 109 cm³/mol. The minimum Gasteiger partial charge on any atom is -0.466 e. The van der Waals surface area contributed by atoms with Gasteiger partial charge in [0, 0.05) is 11.0 Å². The van der Waals surface area contributed by atoms with E-state index in [0.29, 0.717) is 15.8 Å². The number of nitrogens with zero attached hydrogens (tertiary/aromatic N) is 1. The molecule has 1 aromatic carbocycles. The summed E-state index contributed by atoms with van der Waals surface area (Å²) in [6, 6.07) is 7.69. The van der Waals surface area contributed by atoms with Crippen molar-refractivity contribution in [3.63, 3.8) is 0 Å². The molecule has 7 heteroatoms. The van der Waals surface area contributed by atoms with E-state index in [2.05, 4.69) is 22.9 Å². The molecule has 0 bridgehead atoms. The van der Waals surface area contributed by atoms with Gasteiger partial charge in [-0.25, -0.2) is 0 Å². The molecule has 134 valence electrons. The van der Waals surface area contributed by atoms with Crippen LogP contribution in [-0.4, -0.2) is 34.2 Å². The van der Waals surface area contributed by atoms with Crippen LogP contribution in [-0.2, 0) is 14.3 Å². The second kappa shape index (κ2) is 10.1. The summed E-state index contributed by atoms with van der Waals surface area (Å²) in [6.07, 6.45) is 4.97. The Hall–Kier alpha value is -1.18. The van der Waals surface area contributed by atoms with Crippen LogP contribution in [0, 0.1) is 0 Å². The fourth-order valence-electron chi connectivity index (χ4n) is 2.25. The molecular formula is C18H20BrNO3S2. The minimum atomic E-state index is -0.291. The van der Waals surface area contributed by atoms with Crippen molar-refractivity contribution < 1.29 is 14.3 Å². The number of unbranched alkanes of at least 4 members (excludes halogenated alkanes) is 2. The Balaban J connectivity index is 1.89. The SMILES string of the molecule is CCCCCOC(=O)CCN1C(=O)C(=Cc2cccc(Br)c2)SC1=S. The first-order valence-corrected chi connectivity index (χ1v) is 10.2. The molecule has 1 aromatic rings. The highest BCUT2D eigenvalue weighted by molar-refractivity contribution is 9.10. The predicted octanol–water partition coefficient (Wildman–Crippen LogP) is 4.77. The van der Waals surface area contributed by atoms with Gasteiger partial charge < -0.3 is 4.74 Å². The number of esters is 1. The summed E-state index contributed by atoms with van der Waals surface area (Å²) >= 11 is 9.95. The molecule has 4 nitrogen and oxygen atoms in total. The van der Waals surface area contributed by atoms with E-state index in [0.717, 1.165) is 29.3 Å². The number of halogens is 1. The molecule has 0 aromatic heterocycles. The maximum absolute atomic E-state index is 12.5. The van der Waals surface area contributed by atoms with E-state index >= 15 is 0 Å². The maximum Gasteiger partial charge on any atom is 0.307 e. The molecule has 0 unspecified atom stereocenters. The summed E-state index contributed by atoms with van der Waals surface area (Å²) in [5.41, 5.74) is 0.921. The van der Waals surface area contributed by atoms with Gasteiger partial charge in [-0.1, -0.05) is 71.8 Å². The number of carbonyl (C=O) groups is 2. The van der Waals surface area contributed by atoms with Crippen molar-refractivity contribution in [2.45, 2.75) is 32.6 Å². The first-order valence-electron chi connectivity index (χ1n) is 8.18. The van der Waals surface area contributed by atoms with Crippen LogP contribution in [0.5, 0.6) is 0 Å². The van der Waals surface area contributed by atoms with E-state index in [4.69, 9.17) is 17.0 Å². The number of benzene rings is 1. The molecule has 1 aliphatic rings. The molecule has 0 spiro atoms. The van der Waals surface area contributed by atoms with Gasteiger partial charge in [-0.05, 0) is 30.2 Å². The summed E-state index contributed by atoms with van der Waals surface area (Å²) in [5, 5.41) is 0. The Morgan fingerprint density at radius 2 is 2.20 bits per heavy atom. The number of carbonyl (C=O) groups excluding carboxylic acids is 2. The second-order valence-corrected chi connectivity index (χ2v) is 8.16. The van der Waals surface area contributed by atoms with Gasteiger partial charge in [0.05, 0.1) is 17.9 Å². The van der Waals surface area contributed by atoms with Gasteiger partial charge in [0.25, 0.3) is 5.91 Å². The fourth-order valence-corrected chi connectivity index (χ4v) is 3.98. The Morgan fingerprint density at radius 3 is 2.92 bits per heavy atom. The van der Waals surface area contributed by atoms with Gasteiger partial charge in [-0.2, -0.15) is 0 Å². The van der Waals surface area contributed by atoms with Crippen molar-refractivity contribution in [3.05, 3.63) is 39.2 Å². The van der Waals surface area contributed by atoms with Crippen molar-refractivity contribution in [2.75, 3.05) is 13.2 Å². The monoisotopic (exact) mass is 441 g/mol. The first kappa shape index (κ1) is 20.1. The summed E-state index contributed by atoms with van der Waals surface area (Å²) < 4.78 is 6.59. The number of ether oxygens (including phenoxy) is 1. The van der Waals surface area contributed by atoms with Crippen LogP contribution in [0.25, 0.3) is 6.08 Å². The van der Waals surface area contributed by atoms with Gasteiger partial charge in [0.15, 0.2) is 0 Å². The van der Waals surface area contributed by atoms with Gasteiger partial charge in [0.2, 0.25) is 0 Å². The van der Waals surface area contributed by atoms with Crippen LogP contribution < -0.4 is 0 Å². The Labute approximate surface area is 166 Å². The van der Waals surface area contributed by atoms with E-state index in [-0.39, 0.29) is 24.8 Å². The van der Waals surface area contributed by atoms with Gasteiger partial charge in [-0.3, -0.25) is 14.5 Å². The van der Waals surface area contributed by atoms with Gasteiger partial charge in [0.1, 0.15) is 4.32 Å². The van der Waals surface area contributed by atoms with Gasteiger partial charge in [-0.15, -0.1) is 0 Å². The van der Waals surface area contributed by atoms with Crippen LogP contribution in [0.2, 0.25) is 0 Å². The molecule has 1 fully saturated rings. The zero-order valence-corrected chi connectivity index (χ0v) is 17.2. The Kier molecular flexibility index (Phi) is 8.12. The Morgan fingerprint density at radius 1 is 1.40 bits per heavy atom. The highest BCUT2D eigenvalue weighted by Gasteiger charge is 2.32. The van der Waals surface area contributed by atoms with Crippen LogP contribution in [0.4, 0.5) is 0 Å². The van der Waals surface area contributed by atoms with E-state index in [1.54, 1.807) is 0 Å². The van der Waals surface area contributed by atoms with Crippen molar-refractivity contribution in [1.82, 2.24) is 4.90 Å². The average molecular weight is 442 g/mol. The lowest BCUT2D eigenvalue weighted by Crippen LogP contribution is -2.30. The molecule has 0 N–H and O–H groups in total. The number of hydrogen-bond acceptors (Lipinski definition) is 5. The molecular weight excluding hydrogens is 422 g/mol. The fraction of sp³-hybridized carbons (Fsp3) is 0.389. The third-order valence-corrected chi connectivity index (χ3v) is 5.44. The van der Waals surface area contributed by atoms with Crippen molar-refractivity contribution >= 4 is 62.2 Å². The van der Waals surface area contributed by atoms with E-state index in [1.165, 1.54) is 16.7 Å². The lowest BCUT2D eigenvalue weighted by Gasteiger charge is -2.13. The largest absolute Gasteiger partial charge is 0.466 e. The van der Waals surface area contributed by atoms with E-state index in [1.807, 2.05) is 30.3 Å². The third kappa shape index (κ3) is 6.24. The topological polar surface area (TPSA) is 46.6 Å². The van der Waals surface area contributed by atoms with Crippen molar-refractivity contribution in [1.29, 1.82) is 0 Å². The van der Waals surface area contributed by atoms with Crippen LogP contribution in [0.1, 0.15) is 38.2 Å². The number of hydrogen-bond donors (Lipinski definition) is 0. The van der Waals surface area contributed by atoms with Crippen molar-refractivity contribution in [3.8, 4) is 0 Å². The average Bonchev–Trinajstić information content (AvgIpc) is 2.83. The molecule has 0 atom stereocenters. The summed E-state index contributed by atoms with van der Waals surface area (Å²) in [5.74, 6) is -0.449. The molecule has 0 aliphatic carbocycles. The molecule has 1 aliphatic heterocycles. The normalized spacial score (nSPS) is 15.9. The molecule has 2 rings (SSSR count). The Bertz CT molecular complexity index is 691. The first-order chi connectivity index (χ1) is 12.0. The zero-order chi connectivity index (χ0) is 18.2. The smallest absolute Gasteiger partial charge is 0.307 e. The molecule has 25 heavy (non-hydrogen) atoms. The number of thioether (sulfide) groups is 1. The summed E-state index contributed by atoms with van der Waals surface area (Å²) in [4.78, 5) is 26.3. The highest BCUT2D eigenvalue weighted by atomic mass is 79.9. The zero-order valence-electron chi connectivity index (χ0n) is 14.0. The number of amides is 1. The third-order valence-electron chi connectivity index (χ3n) is 3.57. The summed E-state index contributed by atoms with van der Waals surface area (Å²) in [7, 11) is 0. The second-order valence-electron chi connectivity index (χ2n) is 5.57. The van der Waals surface area contributed by atoms with Crippen LogP contribution in [0.15, 0.2) is 33.6 Å². The van der Waals surface area contributed by atoms with Crippen LogP contribution >= 0.6 is 39.9 Å². The summed E-state index contributed by atoms with van der Waals surface area (Å²) in [6.45, 7) is 2.79. The van der Waals surface area contributed by atoms with Crippen molar-refractivity contribution in [2.24, 2.45) is 0 Å². The minimum absolute atomic E-state index is 0.155. The molecule has 1 saturated heterocycles. The lowest BCUT2D eigenvalue weighted by atomic mass is 10.2. The molecule has 1 heterocycles. The number of thiocarbonyl (C=S) groups is 1. The molecule has 1 amide bonds. The molecule has 0 saturated carbocycles. The van der Waals surface area contributed by atoms with Gasteiger partial charge >= 0.3 is 5.97 Å². The quantitative estimate of drug-likeness (QED) is 0.251. The van der Waals surface area contributed by atoms with Crippen LogP contribution in [0.3, 0.4) is 0 Å². The molecule has 0 radical (unpaired) electrons. The lowest BCUT2D eigenvalue weighted by molar-refractivity contribution is -0.144. The highest BCUT2D eigenvalue weighted by Crippen LogP contribution is 2.32. The maximum atomic E-state index is 12.5. The van der Waals surface area contributed by atoms with E-state index < -0.39 is 0 Å². The number of rotatable bonds is 8. The van der Waals surface area contributed by atoms with E-state index in [9.17, 15) is 9.59 Å². The standard InChI is InChI=1S/C18H20BrNO3S2/c1-2-3-4-10-23-16(21)8-9-20-17(22)15(25-18(20)24)12-13-6-5-7-14(19)11-13/h5-7,11-12H,2-4,8-10H2,1H3.